The highest BCUT2D eigenvalue weighted by molar-refractivity contribution is 7.89. The zero-order chi connectivity index (χ0) is 21.2. The molecular weight excluding hydrogens is 419 g/mol. The number of esters is 1. The fraction of sp³-hybridized carbons (Fsp3) is 0.421. The maximum Gasteiger partial charge on any atom is 0.302 e. The lowest BCUT2D eigenvalue weighted by Gasteiger charge is -2.27. The first kappa shape index (κ1) is 21.5. The highest BCUT2D eigenvalue weighted by atomic mass is 32.2. The summed E-state index contributed by atoms with van der Waals surface area (Å²) < 4.78 is 45.6. The second-order valence-electron chi connectivity index (χ2n) is 6.88. The molecule has 1 aromatic carbocycles. The first-order valence-corrected chi connectivity index (χ1v) is 11.4. The molecule has 0 fully saturated rings. The zero-order valence-corrected chi connectivity index (χ0v) is 17.6. The predicted octanol–water partition coefficient (Wildman–Crippen LogP) is 3.44. The van der Waals surface area contributed by atoms with Gasteiger partial charge in [-0.25, -0.2) is 17.1 Å². The number of halogens is 1. The largest absolute Gasteiger partial charge is 0.460 e. The number of rotatable bonds is 7. The van der Waals surface area contributed by atoms with E-state index in [4.69, 9.17) is 4.74 Å². The maximum atomic E-state index is 13.1. The average molecular weight is 441 g/mol. The van der Waals surface area contributed by atoms with Gasteiger partial charge in [0, 0.05) is 30.8 Å². The molecule has 0 saturated carbocycles. The molecule has 10 heteroatoms. The van der Waals surface area contributed by atoms with Crippen molar-refractivity contribution in [3.8, 4) is 0 Å². The summed E-state index contributed by atoms with van der Waals surface area (Å²) in [6.07, 6.45) is 0.475. The summed E-state index contributed by atoms with van der Waals surface area (Å²) in [5.41, 5.74) is 1.40. The van der Waals surface area contributed by atoms with Crippen LogP contribution in [0.1, 0.15) is 35.4 Å². The standard InChI is InChI=1S/C19H21FN2O5S2/c1-12(23)27-16-8-7-15-17(11-28-19(15)18(16)21-24)29(25,26)22(2)10-9-13-3-5-14(20)6-4-13/h3-6,11,16,18H,7-10H2,1-2H3. The lowest BCUT2D eigenvalue weighted by atomic mass is 9.92. The molecule has 0 radical (unpaired) electrons. The van der Waals surface area contributed by atoms with Crippen LogP contribution in [-0.4, -0.2) is 38.4 Å². The Balaban J connectivity index is 1.79. The summed E-state index contributed by atoms with van der Waals surface area (Å²) in [6.45, 7) is 1.49. The van der Waals surface area contributed by atoms with E-state index in [-0.39, 0.29) is 17.3 Å². The number of hydrogen-bond donors (Lipinski definition) is 0. The van der Waals surface area contributed by atoms with Crippen molar-refractivity contribution in [2.75, 3.05) is 13.6 Å². The lowest BCUT2D eigenvalue weighted by molar-refractivity contribution is -0.148. The Labute approximate surface area is 172 Å². The van der Waals surface area contributed by atoms with E-state index in [0.29, 0.717) is 29.7 Å². The van der Waals surface area contributed by atoms with E-state index >= 15 is 0 Å². The molecule has 0 aliphatic heterocycles. The van der Waals surface area contributed by atoms with Crippen LogP contribution in [0, 0.1) is 10.7 Å². The van der Waals surface area contributed by atoms with E-state index in [0.717, 1.165) is 16.9 Å². The van der Waals surface area contributed by atoms with Crippen molar-refractivity contribution in [3.05, 3.63) is 56.4 Å². The Bertz CT molecular complexity index is 1000. The molecule has 0 bridgehead atoms. The van der Waals surface area contributed by atoms with Crippen LogP contribution in [0.25, 0.3) is 0 Å². The summed E-state index contributed by atoms with van der Waals surface area (Å²) in [6, 6.07) is 5.02. The Hall–Kier alpha value is -2.17. The van der Waals surface area contributed by atoms with Crippen LogP contribution < -0.4 is 0 Å². The van der Waals surface area contributed by atoms with Crippen LogP contribution in [0.3, 0.4) is 0 Å². The van der Waals surface area contributed by atoms with Gasteiger partial charge in [0.05, 0.1) is 4.90 Å². The van der Waals surface area contributed by atoms with E-state index in [9.17, 15) is 22.5 Å². The number of benzene rings is 1. The van der Waals surface area contributed by atoms with Crippen molar-refractivity contribution in [1.82, 2.24) is 4.31 Å². The SMILES string of the molecule is CC(=O)OC1CCc2c(S(=O)(=O)N(C)CCc3ccc(F)cc3)csc2C1N=O. The van der Waals surface area contributed by atoms with Gasteiger partial charge < -0.3 is 4.74 Å². The number of ether oxygens (including phenoxy) is 1. The van der Waals surface area contributed by atoms with Gasteiger partial charge in [-0.05, 0) is 42.5 Å². The molecule has 0 amide bonds. The molecule has 0 saturated heterocycles. The molecule has 0 N–H and O–H groups in total. The van der Waals surface area contributed by atoms with Crippen LogP contribution in [0.4, 0.5) is 4.39 Å². The number of thiophene rings is 1. The second kappa shape index (κ2) is 8.68. The van der Waals surface area contributed by atoms with Crippen molar-refractivity contribution in [3.63, 3.8) is 0 Å². The van der Waals surface area contributed by atoms with Gasteiger partial charge in [-0.3, -0.25) is 4.79 Å². The molecule has 156 valence electrons. The minimum atomic E-state index is -3.77. The van der Waals surface area contributed by atoms with E-state index < -0.39 is 28.1 Å². The summed E-state index contributed by atoms with van der Waals surface area (Å²) >= 11 is 1.14. The molecule has 2 unspecified atom stereocenters. The van der Waals surface area contributed by atoms with Gasteiger partial charge in [-0.1, -0.05) is 17.3 Å². The van der Waals surface area contributed by atoms with Crippen LogP contribution in [-0.2, 0) is 32.4 Å². The normalized spacial score (nSPS) is 19.0. The molecule has 1 aromatic heterocycles. The minimum Gasteiger partial charge on any atom is -0.460 e. The van der Waals surface area contributed by atoms with Gasteiger partial charge in [0.15, 0.2) is 6.04 Å². The quantitative estimate of drug-likeness (QED) is 0.486. The highest BCUT2D eigenvalue weighted by Gasteiger charge is 2.38. The van der Waals surface area contributed by atoms with Gasteiger partial charge in [-0.2, -0.15) is 0 Å². The molecule has 2 atom stereocenters. The first-order chi connectivity index (χ1) is 13.7. The Morgan fingerprint density at radius 1 is 1.34 bits per heavy atom. The Morgan fingerprint density at radius 2 is 2.03 bits per heavy atom. The van der Waals surface area contributed by atoms with E-state index in [2.05, 4.69) is 5.18 Å². The molecule has 1 heterocycles. The fourth-order valence-corrected chi connectivity index (χ4v) is 6.33. The fourth-order valence-electron chi connectivity index (χ4n) is 3.38. The van der Waals surface area contributed by atoms with Crippen LogP contribution in [0.15, 0.2) is 39.7 Å². The molecule has 29 heavy (non-hydrogen) atoms. The monoisotopic (exact) mass is 440 g/mol. The number of hydrogen-bond acceptors (Lipinski definition) is 7. The van der Waals surface area contributed by atoms with E-state index in [1.54, 1.807) is 12.1 Å². The summed E-state index contributed by atoms with van der Waals surface area (Å²) in [4.78, 5) is 23.3. The molecule has 1 aliphatic rings. The van der Waals surface area contributed by atoms with Crippen molar-refractivity contribution in [2.45, 2.75) is 43.2 Å². The average Bonchev–Trinajstić information content (AvgIpc) is 3.11. The van der Waals surface area contributed by atoms with Gasteiger partial charge >= 0.3 is 5.97 Å². The van der Waals surface area contributed by atoms with E-state index in [1.807, 2.05) is 0 Å². The number of nitroso groups, excluding NO2 is 1. The Morgan fingerprint density at radius 3 is 2.66 bits per heavy atom. The number of carbonyl (C=O) groups excluding carboxylic acids is 1. The number of carbonyl (C=O) groups is 1. The third-order valence-corrected chi connectivity index (χ3v) is 8.10. The van der Waals surface area contributed by atoms with Crippen molar-refractivity contribution in [1.29, 1.82) is 0 Å². The van der Waals surface area contributed by atoms with E-state index in [1.165, 1.54) is 35.8 Å². The first-order valence-electron chi connectivity index (χ1n) is 9.04. The van der Waals surface area contributed by atoms with Crippen LogP contribution in [0.5, 0.6) is 0 Å². The molecule has 0 spiro atoms. The molecular formula is C19H21FN2O5S2. The summed E-state index contributed by atoms with van der Waals surface area (Å²) in [7, 11) is -2.28. The third kappa shape index (κ3) is 4.54. The Kier molecular flexibility index (Phi) is 6.45. The highest BCUT2D eigenvalue weighted by Crippen LogP contribution is 2.42. The zero-order valence-electron chi connectivity index (χ0n) is 16.0. The third-order valence-electron chi connectivity index (χ3n) is 4.94. The number of nitrogens with zero attached hydrogens (tertiary/aromatic N) is 2. The van der Waals surface area contributed by atoms with Crippen LogP contribution >= 0.6 is 11.3 Å². The molecule has 7 nitrogen and oxygen atoms in total. The number of sulfonamides is 1. The smallest absolute Gasteiger partial charge is 0.302 e. The predicted molar refractivity (Wildman–Crippen MR) is 107 cm³/mol. The number of fused-ring (bicyclic) bond motifs is 1. The molecule has 3 rings (SSSR count). The molecule has 2 aromatic rings. The molecule has 1 aliphatic carbocycles. The van der Waals surface area contributed by atoms with Crippen molar-refractivity contribution >= 4 is 27.3 Å². The van der Waals surface area contributed by atoms with Crippen LogP contribution in [0.2, 0.25) is 0 Å². The summed E-state index contributed by atoms with van der Waals surface area (Å²) in [5.74, 6) is -0.845. The topological polar surface area (TPSA) is 93.1 Å². The van der Waals surface area contributed by atoms with Gasteiger partial charge in [0.25, 0.3) is 0 Å². The second-order valence-corrected chi connectivity index (χ2v) is 9.81. The van der Waals surface area contributed by atoms with Crippen molar-refractivity contribution < 1.29 is 22.3 Å². The maximum absolute atomic E-state index is 13.1. The lowest BCUT2D eigenvalue weighted by Crippen LogP contribution is -2.31. The van der Waals surface area contributed by atoms with Gasteiger partial charge in [-0.15, -0.1) is 16.2 Å². The minimum absolute atomic E-state index is 0.161. The number of likely N-dealkylation sites (N-methyl/N-ethyl adjacent to an activating group) is 1. The van der Waals surface area contributed by atoms with Crippen molar-refractivity contribution in [2.24, 2.45) is 5.18 Å². The van der Waals surface area contributed by atoms with Gasteiger partial charge in [0.1, 0.15) is 11.9 Å². The summed E-state index contributed by atoms with van der Waals surface area (Å²) in [5, 5.41) is 4.61. The van der Waals surface area contributed by atoms with Gasteiger partial charge in [0.2, 0.25) is 10.0 Å².